The van der Waals surface area contributed by atoms with Crippen LogP contribution in [0.2, 0.25) is 0 Å². The van der Waals surface area contributed by atoms with E-state index in [-0.39, 0.29) is 6.61 Å². The molecule has 0 spiro atoms. The fourth-order valence-electron chi connectivity index (χ4n) is 4.56. The number of benzene rings is 1. The van der Waals surface area contributed by atoms with Gasteiger partial charge in [-0.1, -0.05) is 12.1 Å². The van der Waals surface area contributed by atoms with Crippen LogP contribution in [0.1, 0.15) is 38.7 Å². The zero-order valence-electron chi connectivity index (χ0n) is 16.3. The predicted octanol–water partition coefficient (Wildman–Crippen LogP) is 2.13. The summed E-state index contributed by atoms with van der Waals surface area (Å²) in [6, 6.07) is 9.29. The molecule has 5 heteroatoms. The maximum atomic E-state index is 9.57. The first-order valence-electron chi connectivity index (χ1n) is 10.2. The Morgan fingerprint density at radius 3 is 2.35 bits per heavy atom. The van der Waals surface area contributed by atoms with Crippen LogP contribution in [0.15, 0.2) is 24.3 Å². The first-order chi connectivity index (χ1) is 12.6. The molecule has 3 rings (SSSR count). The summed E-state index contributed by atoms with van der Waals surface area (Å²) in [4.78, 5) is 7.76. The Kier molecular flexibility index (Phi) is 6.92. The van der Waals surface area contributed by atoms with Gasteiger partial charge < -0.3 is 15.1 Å². The molecule has 2 N–H and O–H groups in total. The molecule has 146 valence electrons. The van der Waals surface area contributed by atoms with Crippen LogP contribution in [-0.2, 0) is 6.54 Å². The Labute approximate surface area is 158 Å². The molecule has 1 atom stereocenters. The van der Waals surface area contributed by atoms with Gasteiger partial charge in [-0.25, -0.2) is 0 Å². The Morgan fingerprint density at radius 2 is 1.73 bits per heavy atom. The van der Waals surface area contributed by atoms with E-state index in [1.54, 1.807) is 12.1 Å². The van der Waals surface area contributed by atoms with E-state index < -0.39 is 0 Å². The van der Waals surface area contributed by atoms with Crippen LogP contribution in [-0.4, -0.2) is 82.4 Å². The lowest BCUT2D eigenvalue weighted by atomic mass is 9.97. The van der Waals surface area contributed by atoms with E-state index in [2.05, 4.69) is 28.5 Å². The predicted molar refractivity (Wildman–Crippen MR) is 105 cm³/mol. The highest BCUT2D eigenvalue weighted by Crippen LogP contribution is 2.25. The summed E-state index contributed by atoms with van der Waals surface area (Å²) in [7, 11) is 0. The van der Waals surface area contributed by atoms with Crippen molar-refractivity contribution >= 4 is 0 Å². The molecule has 26 heavy (non-hydrogen) atoms. The summed E-state index contributed by atoms with van der Waals surface area (Å²) in [6.07, 6.45) is 3.35. The fourth-order valence-corrected chi connectivity index (χ4v) is 4.56. The summed E-state index contributed by atoms with van der Waals surface area (Å²) in [6.45, 7) is 11.3. The molecule has 2 heterocycles. The van der Waals surface area contributed by atoms with Gasteiger partial charge in [-0.05, 0) is 63.9 Å². The normalized spacial score (nSPS) is 24.4. The molecule has 2 aliphatic rings. The number of hydrogen-bond donors (Lipinski definition) is 2. The fraction of sp³-hybridized carbons (Fsp3) is 0.714. The molecule has 0 unspecified atom stereocenters. The summed E-state index contributed by atoms with van der Waals surface area (Å²) >= 11 is 0. The van der Waals surface area contributed by atoms with Gasteiger partial charge in [-0.2, -0.15) is 0 Å². The maximum absolute atomic E-state index is 9.57. The molecule has 0 aromatic heterocycles. The monoisotopic (exact) mass is 361 g/mol. The molecule has 2 fully saturated rings. The van der Waals surface area contributed by atoms with Gasteiger partial charge in [-0.15, -0.1) is 0 Å². The van der Waals surface area contributed by atoms with Crippen LogP contribution in [0.4, 0.5) is 0 Å². The molecule has 1 aromatic carbocycles. The van der Waals surface area contributed by atoms with Gasteiger partial charge in [0.05, 0.1) is 0 Å². The van der Waals surface area contributed by atoms with Crippen LogP contribution in [0.5, 0.6) is 5.75 Å². The molecule has 0 bridgehead atoms. The Morgan fingerprint density at radius 1 is 1.04 bits per heavy atom. The number of phenols is 1. The number of aliphatic hydroxyl groups is 1. The lowest BCUT2D eigenvalue weighted by Gasteiger charge is -2.48. The van der Waals surface area contributed by atoms with E-state index in [1.165, 1.54) is 31.5 Å². The van der Waals surface area contributed by atoms with Gasteiger partial charge >= 0.3 is 0 Å². The molecule has 5 nitrogen and oxygen atoms in total. The number of rotatable bonds is 6. The van der Waals surface area contributed by atoms with E-state index in [9.17, 15) is 10.2 Å². The summed E-state index contributed by atoms with van der Waals surface area (Å²) in [5.41, 5.74) is 1.24. The summed E-state index contributed by atoms with van der Waals surface area (Å²) in [5, 5.41) is 19.0. The Bertz CT molecular complexity index is 541. The second-order valence-corrected chi connectivity index (χ2v) is 8.17. The van der Waals surface area contributed by atoms with E-state index in [4.69, 9.17) is 0 Å². The molecule has 0 amide bonds. The third-order valence-electron chi connectivity index (χ3n) is 6.12. The maximum Gasteiger partial charge on any atom is 0.115 e. The standard InChI is InChI=1S/C21H35N3O2/c1-17(2)23-10-7-19(8-11-23)24-13-12-22(16-20(24)9-14-25)15-18-3-5-21(26)6-4-18/h3-6,17,19-20,25-26H,7-16H2,1-2H3/t20-/m1/s1. The Balaban J connectivity index is 1.57. The number of hydrogen-bond acceptors (Lipinski definition) is 5. The van der Waals surface area contributed by atoms with Gasteiger partial charge in [-0.3, -0.25) is 9.80 Å². The highest BCUT2D eigenvalue weighted by Gasteiger charge is 2.33. The van der Waals surface area contributed by atoms with E-state index in [0.29, 0.717) is 23.9 Å². The number of aliphatic hydroxyl groups excluding tert-OH is 1. The SMILES string of the molecule is CC(C)N1CCC(N2CCN(Cc3ccc(O)cc3)C[C@H]2CCO)CC1. The van der Waals surface area contributed by atoms with Crippen LogP contribution in [0.3, 0.4) is 0 Å². The van der Waals surface area contributed by atoms with Gasteiger partial charge in [0.2, 0.25) is 0 Å². The van der Waals surface area contributed by atoms with E-state index in [1.807, 2.05) is 12.1 Å². The number of phenolic OH excluding ortho intramolecular Hbond substituents is 1. The third-order valence-corrected chi connectivity index (χ3v) is 6.12. The number of aromatic hydroxyl groups is 1. The molecular weight excluding hydrogens is 326 g/mol. The Hall–Kier alpha value is -1.14. The van der Waals surface area contributed by atoms with Gasteiger partial charge in [0.15, 0.2) is 0 Å². The largest absolute Gasteiger partial charge is 0.508 e. The van der Waals surface area contributed by atoms with Crippen LogP contribution in [0.25, 0.3) is 0 Å². The van der Waals surface area contributed by atoms with Crippen molar-refractivity contribution in [3.63, 3.8) is 0 Å². The highest BCUT2D eigenvalue weighted by molar-refractivity contribution is 5.25. The zero-order chi connectivity index (χ0) is 18.5. The smallest absolute Gasteiger partial charge is 0.115 e. The second kappa shape index (κ2) is 9.18. The molecule has 2 saturated heterocycles. The third kappa shape index (κ3) is 4.97. The van der Waals surface area contributed by atoms with Crippen molar-refractivity contribution in [1.82, 2.24) is 14.7 Å². The molecule has 0 radical (unpaired) electrons. The van der Waals surface area contributed by atoms with Crippen LogP contribution in [0, 0.1) is 0 Å². The minimum Gasteiger partial charge on any atom is -0.508 e. The number of piperazine rings is 1. The highest BCUT2D eigenvalue weighted by atomic mass is 16.3. The van der Waals surface area contributed by atoms with Crippen molar-refractivity contribution in [2.45, 2.75) is 57.8 Å². The van der Waals surface area contributed by atoms with E-state index >= 15 is 0 Å². The van der Waals surface area contributed by atoms with Crippen molar-refractivity contribution in [3.8, 4) is 5.75 Å². The number of likely N-dealkylation sites (tertiary alicyclic amines) is 1. The van der Waals surface area contributed by atoms with Gasteiger partial charge in [0.25, 0.3) is 0 Å². The van der Waals surface area contributed by atoms with Gasteiger partial charge in [0, 0.05) is 50.9 Å². The second-order valence-electron chi connectivity index (χ2n) is 8.17. The van der Waals surface area contributed by atoms with Crippen LogP contribution < -0.4 is 0 Å². The van der Waals surface area contributed by atoms with Crippen molar-refractivity contribution in [2.24, 2.45) is 0 Å². The summed E-state index contributed by atoms with van der Waals surface area (Å²) in [5.74, 6) is 0.324. The van der Waals surface area contributed by atoms with Crippen molar-refractivity contribution in [3.05, 3.63) is 29.8 Å². The molecule has 2 aliphatic heterocycles. The van der Waals surface area contributed by atoms with E-state index in [0.717, 1.165) is 32.6 Å². The molecular formula is C21H35N3O2. The van der Waals surface area contributed by atoms with Crippen LogP contribution >= 0.6 is 0 Å². The lowest BCUT2D eigenvalue weighted by molar-refractivity contribution is -0.0000332. The minimum atomic E-state index is 0.263. The van der Waals surface area contributed by atoms with Crippen molar-refractivity contribution in [2.75, 3.05) is 39.3 Å². The topological polar surface area (TPSA) is 50.2 Å². The quantitative estimate of drug-likeness (QED) is 0.813. The number of nitrogens with zero attached hydrogens (tertiary/aromatic N) is 3. The van der Waals surface area contributed by atoms with Crippen molar-refractivity contribution in [1.29, 1.82) is 0 Å². The first-order valence-corrected chi connectivity index (χ1v) is 10.2. The first kappa shape index (κ1) is 19.6. The van der Waals surface area contributed by atoms with Crippen molar-refractivity contribution < 1.29 is 10.2 Å². The zero-order valence-corrected chi connectivity index (χ0v) is 16.3. The number of piperidine rings is 1. The molecule has 0 saturated carbocycles. The van der Waals surface area contributed by atoms with Gasteiger partial charge in [0.1, 0.15) is 5.75 Å². The lowest BCUT2D eigenvalue weighted by Crippen LogP contribution is -2.58. The summed E-state index contributed by atoms with van der Waals surface area (Å²) < 4.78 is 0. The average molecular weight is 362 g/mol. The molecule has 1 aromatic rings. The molecule has 0 aliphatic carbocycles. The minimum absolute atomic E-state index is 0.263. The average Bonchev–Trinajstić information content (AvgIpc) is 2.64.